The van der Waals surface area contributed by atoms with E-state index in [9.17, 15) is 29.1 Å². The molecule has 2 aromatic carbocycles. The molecule has 0 radical (unpaired) electrons. The molecule has 4 aliphatic rings. The summed E-state index contributed by atoms with van der Waals surface area (Å²) >= 11 is 0. The first kappa shape index (κ1) is 44.5. The maximum atomic E-state index is 13.0. The Balaban J connectivity index is 0.691. The highest BCUT2D eigenvalue weighted by molar-refractivity contribution is 6.06. The van der Waals surface area contributed by atoms with Gasteiger partial charge in [-0.3, -0.25) is 34.2 Å². The van der Waals surface area contributed by atoms with Gasteiger partial charge in [-0.2, -0.15) is 0 Å². The van der Waals surface area contributed by atoms with Gasteiger partial charge in [-0.05, 0) is 48.9 Å². The number of hydrogen-bond acceptors (Lipinski definition) is 14. The van der Waals surface area contributed by atoms with Crippen LogP contribution in [0.2, 0.25) is 0 Å². The van der Waals surface area contributed by atoms with Crippen LogP contribution in [0.25, 0.3) is 0 Å². The van der Waals surface area contributed by atoms with Crippen LogP contribution in [0.1, 0.15) is 69.6 Å². The van der Waals surface area contributed by atoms with Crippen molar-refractivity contribution in [1.29, 1.82) is 0 Å². The number of imide groups is 1. The Morgan fingerprint density at radius 1 is 0.855 bits per heavy atom. The average molecular weight is 856 g/mol. The number of rotatable bonds is 21. The van der Waals surface area contributed by atoms with Gasteiger partial charge in [-0.1, -0.05) is 30.3 Å². The molecule has 3 aromatic rings. The maximum Gasteiger partial charge on any atom is 0.270 e. The van der Waals surface area contributed by atoms with E-state index in [0.717, 1.165) is 43.6 Å². The van der Waals surface area contributed by atoms with E-state index in [-0.39, 0.29) is 54.8 Å². The van der Waals surface area contributed by atoms with Gasteiger partial charge in [0, 0.05) is 87.7 Å². The Bertz CT molecular complexity index is 2050. The fourth-order valence-corrected chi connectivity index (χ4v) is 8.29. The van der Waals surface area contributed by atoms with E-state index in [1.807, 2.05) is 17.0 Å². The second kappa shape index (κ2) is 22.0. The number of nitrogens with one attached hydrogen (secondary N) is 4. The second-order valence-corrected chi connectivity index (χ2v) is 16.0. The monoisotopic (exact) mass is 855 g/mol. The fraction of sp³-hybridized carbons (Fsp3) is 0.523. The lowest BCUT2D eigenvalue weighted by molar-refractivity contribution is -0.137. The average Bonchev–Trinajstić information content (AvgIpc) is 3.62. The first-order chi connectivity index (χ1) is 30.2. The molecule has 0 aliphatic carbocycles. The molecular weight excluding hydrogens is 799 g/mol. The molecule has 0 saturated carbocycles. The molecule has 0 spiro atoms. The number of nitrogens with zero attached hydrogens (tertiary/aromatic N) is 5. The van der Waals surface area contributed by atoms with E-state index in [1.165, 1.54) is 22.4 Å². The number of β-amino-alcohol motifs (C(OH)–C–C–N with tert-alkyl or cyclic N) is 1. The lowest BCUT2D eigenvalue weighted by Gasteiger charge is -2.32. The van der Waals surface area contributed by atoms with Crippen molar-refractivity contribution in [3.63, 3.8) is 0 Å². The SMILES string of the molecule is O=C1CCC(N2Cc3c(NCCOCCOCCOCCC(=O)N4CCC(Nc5cc(C(=O)NC[C@H](O)CN6CCc7ccccc7C6)ncn5)CC4)cccc3C2=O)C(=O)N1. The van der Waals surface area contributed by atoms with Gasteiger partial charge in [-0.15, -0.1) is 0 Å². The van der Waals surface area contributed by atoms with Crippen LogP contribution in [0, 0.1) is 0 Å². The molecule has 2 fully saturated rings. The molecule has 332 valence electrons. The van der Waals surface area contributed by atoms with Gasteiger partial charge in [0.1, 0.15) is 23.9 Å². The summed E-state index contributed by atoms with van der Waals surface area (Å²) in [5, 5.41) is 22.4. The second-order valence-electron chi connectivity index (χ2n) is 16.0. The van der Waals surface area contributed by atoms with E-state index in [0.29, 0.717) is 90.2 Å². The molecule has 0 bridgehead atoms. The lowest BCUT2D eigenvalue weighted by Crippen LogP contribution is -2.52. The summed E-state index contributed by atoms with van der Waals surface area (Å²) in [7, 11) is 0. The van der Waals surface area contributed by atoms with Crippen LogP contribution in [-0.4, -0.2) is 156 Å². The van der Waals surface area contributed by atoms with Crippen molar-refractivity contribution < 1.29 is 43.3 Å². The summed E-state index contributed by atoms with van der Waals surface area (Å²) in [6.45, 7) is 6.52. The Labute approximate surface area is 361 Å². The number of likely N-dealkylation sites (tertiary alicyclic amines) is 1. The van der Waals surface area contributed by atoms with Crippen molar-refractivity contribution in [2.24, 2.45) is 0 Å². The van der Waals surface area contributed by atoms with Crippen LogP contribution in [0.5, 0.6) is 0 Å². The highest BCUT2D eigenvalue weighted by Gasteiger charge is 2.40. The lowest BCUT2D eigenvalue weighted by atomic mass is 10.00. The fourth-order valence-electron chi connectivity index (χ4n) is 8.29. The predicted octanol–water partition coefficient (Wildman–Crippen LogP) is 1.34. The zero-order valence-electron chi connectivity index (χ0n) is 35.0. The standard InChI is InChI=1S/C44H57N9O9/c54-33(27-51-15-10-30-4-1-2-5-31(30)26-51)25-46-42(57)37-24-39(48-29-47-37)49-32-11-16-52(17-12-32)41(56)13-18-60-20-22-62-23-21-61-19-14-45-36-7-3-6-34-35(36)28-53(44(34)59)38-8-9-40(55)50-43(38)58/h1-7,24,29,32-33,38,45,54H,8-23,25-28H2,(H,46,57)(H,47,48,49)(H,50,55,58)/t33-,38?/m0/s1. The van der Waals surface area contributed by atoms with Crippen LogP contribution >= 0.6 is 0 Å². The highest BCUT2D eigenvalue weighted by atomic mass is 16.5. The number of carbonyl (C=O) groups excluding carboxylic acids is 5. The molecule has 2 atom stereocenters. The van der Waals surface area contributed by atoms with E-state index in [1.54, 1.807) is 18.2 Å². The van der Waals surface area contributed by atoms with Crippen molar-refractivity contribution >= 4 is 41.0 Å². The topological polar surface area (TPSA) is 217 Å². The van der Waals surface area contributed by atoms with Crippen LogP contribution < -0.4 is 21.3 Å². The zero-order valence-corrected chi connectivity index (χ0v) is 35.0. The molecule has 5 heterocycles. The summed E-state index contributed by atoms with van der Waals surface area (Å²) in [6, 6.07) is 14.8. The Morgan fingerprint density at radius 3 is 2.40 bits per heavy atom. The third-order valence-electron chi connectivity index (χ3n) is 11.6. The number of piperidine rings is 2. The third-order valence-corrected chi connectivity index (χ3v) is 11.6. The largest absolute Gasteiger partial charge is 0.390 e. The van der Waals surface area contributed by atoms with E-state index in [2.05, 4.69) is 54.3 Å². The Morgan fingerprint density at radius 2 is 1.61 bits per heavy atom. The highest BCUT2D eigenvalue weighted by Crippen LogP contribution is 2.32. The first-order valence-electron chi connectivity index (χ1n) is 21.6. The number of anilines is 2. The molecule has 2 saturated heterocycles. The minimum atomic E-state index is -0.708. The molecule has 5 N–H and O–H groups in total. The van der Waals surface area contributed by atoms with Crippen LogP contribution in [0.4, 0.5) is 11.5 Å². The minimum Gasteiger partial charge on any atom is -0.390 e. The maximum absolute atomic E-state index is 13.0. The van der Waals surface area contributed by atoms with E-state index in [4.69, 9.17) is 14.2 Å². The van der Waals surface area contributed by atoms with Gasteiger partial charge in [0.25, 0.3) is 11.8 Å². The number of aromatic nitrogens is 2. The van der Waals surface area contributed by atoms with Gasteiger partial charge in [0.15, 0.2) is 0 Å². The molecule has 1 aromatic heterocycles. The van der Waals surface area contributed by atoms with Gasteiger partial charge in [0.05, 0.1) is 52.2 Å². The number of carbonyl (C=O) groups is 5. The number of fused-ring (bicyclic) bond motifs is 2. The van der Waals surface area contributed by atoms with Crippen molar-refractivity contribution in [2.45, 2.75) is 69.8 Å². The van der Waals surface area contributed by atoms with Crippen molar-refractivity contribution in [3.05, 3.63) is 82.8 Å². The molecule has 7 rings (SSSR count). The summed E-state index contributed by atoms with van der Waals surface area (Å²) in [6.07, 6.45) is 3.87. The van der Waals surface area contributed by atoms with Crippen molar-refractivity contribution in [2.75, 3.05) is 89.5 Å². The van der Waals surface area contributed by atoms with E-state index >= 15 is 0 Å². The number of aliphatic hydroxyl groups is 1. The van der Waals surface area contributed by atoms with Gasteiger partial charge in [0.2, 0.25) is 17.7 Å². The Kier molecular flexibility index (Phi) is 15.8. The first-order valence-corrected chi connectivity index (χ1v) is 21.6. The molecule has 4 aliphatic heterocycles. The quantitative estimate of drug-likeness (QED) is 0.0756. The van der Waals surface area contributed by atoms with Gasteiger partial charge < -0.3 is 45.1 Å². The number of ether oxygens (including phenoxy) is 3. The third kappa shape index (κ3) is 12.1. The van der Waals surface area contributed by atoms with Crippen molar-refractivity contribution in [1.82, 2.24) is 35.3 Å². The smallest absolute Gasteiger partial charge is 0.270 e. The van der Waals surface area contributed by atoms with Crippen molar-refractivity contribution in [3.8, 4) is 0 Å². The predicted molar refractivity (Wildman–Crippen MR) is 227 cm³/mol. The molecule has 18 nitrogen and oxygen atoms in total. The van der Waals surface area contributed by atoms with Gasteiger partial charge in [-0.25, -0.2) is 9.97 Å². The summed E-state index contributed by atoms with van der Waals surface area (Å²) < 4.78 is 16.9. The van der Waals surface area contributed by atoms with Crippen LogP contribution in [-0.2, 0) is 48.1 Å². The normalized spacial score (nSPS) is 18.5. The Hall–Kier alpha value is -5.53. The van der Waals surface area contributed by atoms with E-state index < -0.39 is 18.1 Å². The summed E-state index contributed by atoms with van der Waals surface area (Å²) in [5.74, 6) is -0.755. The molecule has 1 unspecified atom stereocenters. The molecule has 5 amide bonds. The minimum absolute atomic E-state index is 0.0401. The number of benzene rings is 2. The zero-order chi connectivity index (χ0) is 43.3. The molecule has 62 heavy (non-hydrogen) atoms. The van der Waals surface area contributed by atoms with Crippen LogP contribution in [0.15, 0.2) is 54.9 Å². The van der Waals surface area contributed by atoms with Crippen LogP contribution in [0.3, 0.4) is 0 Å². The number of aliphatic hydroxyl groups excluding tert-OH is 1. The number of amides is 5. The summed E-state index contributed by atoms with van der Waals surface area (Å²) in [5.41, 5.74) is 5.03. The molecular formula is C44H57N9O9. The molecule has 18 heteroatoms. The summed E-state index contributed by atoms with van der Waals surface area (Å²) in [4.78, 5) is 76.6. The number of hydrogen-bond donors (Lipinski definition) is 5. The van der Waals surface area contributed by atoms with Gasteiger partial charge >= 0.3 is 0 Å².